The zero-order valence-electron chi connectivity index (χ0n) is 7.85. The van der Waals surface area contributed by atoms with E-state index in [0.717, 1.165) is 35.6 Å². The van der Waals surface area contributed by atoms with Crippen molar-refractivity contribution in [2.45, 2.75) is 19.8 Å². The molecule has 1 nitrogen and oxygen atoms in total. The summed E-state index contributed by atoms with van der Waals surface area (Å²) in [4.78, 5) is 0. The number of aryl methyl sites for hydroxylation is 1. The molecule has 1 aromatic rings. The lowest BCUT2D eigenvalue weighted by Crippen LogP contribution is -1.83. The number of aliphatic hydroxyl groups is 1. The van der Waals surface area contributed by atoms with Gasteiger partial charge in [-0.25, -0.2) is 0 Å². The summed E-state index contributed by atoms with van der Waals surface area (Å²) in [6, 6.07) is 5.57. The summed E-state index contributed by atoms with van der Waals surface area (Å²) >= 11 is 11.7. The van der Waals surface area contributed by atoms with Gasteiger partial charge in [-0.3, -0.25) is 0 Å². The van der Waals surface area contributed by atoms with E-state index in [4.69, 9.17) is 28.3 Å². The number of hydrogen-bond acceptors (Lipinski definition) is 1. The highest BCUT2D eigenvalue weighted by Crippen LogP contribution is 2.21. The Balaban J connectivity index is 0.000000671. The quantitative estimate of drug-likeness (QED) is 0.809. The molecule has 0 atom stereocenters. The molecule has 0 fully saturated rings. The summed E-state index contributed by atoms with van der Waals surface area (Å²) in [5.74, 6) is 0. The van der Waals surface area contributed by atoms with Gasteiger partial charge in [0.25, 0.3) is 0 Å². The van der Waals surface area contributed by atoms with Crippen LogP contribution in [0.1, 0.15) is 18.9 Å². The van der Waals surface area contributed by atoms with Crippen molar-refractivity contribution < 1.29 is 5.11 Å². The van der Waals surface area contributed by atoms with Gasteiger partial charge in [0.15, 0.2) is 0 Å². The number of rotatable bonds is 2. The highest BCUT2D eigenvalue weighted by molar-refractivity contribution is 6.33. The lowest BCUT2D eigenvalue weighted by molar-refractivity contribution is 0.399. The fraction of sp³-hybridized carbons (Fsp3) is 0.400. The van der Waals surface area contributed by atoms with Gasteiger partial charge in [0.2, 0.25) is 0 Å². The maximum atomic E-state index is 7.00. The van der Waals surface area contributed by atoms with Crippen molar-refractivity contribution in [2.24, 2.45) is 0 Å². The first-order valence-corrected chi connectivity index (χ1v) is 4.88. The van der Waals surface area contributed by atoms with E-state index in [0.29, 0.717) is 0 Å². The monoisotopic (exact) mass is 220 g/mol. The maximum absolute atomic E-state index is 7.00. The lowest BCUT2D eigenvalue weighted by atomic mass is 10.1. The Labute approximate surface area is 89.3 Å². The summed E-state index contributed by atoms with van der Waals surface area (Å²) in [5.41, 5.74) is 1.14. The first-order valence-electron chi connectivity index (χ1n) is 4.12. The Hall–Kier alpha value is -0.240. The Morgan fingerprint density at radius 2 is 1.85 bits per heavy atom. The highest BCUT2D eigenvalue weighted by Gasteiger charge is 1.98. The van der Waals surface area contributed by atoms with Crippen molar-refractivity contribution in [3.8, 4) is 0 Å². The van der Waals surface area contributed by atoms with Crippen LogP contribution in [0.3, 0.4) is 0 Å². The molecule has 0 aromatic heterocycles. The van der Waals surface area contributed by atoms with E-state index >= 15 is 0 Å². The van der Waals surface area contributed by atoms with Crippen LogP contribution in [0.15, 0.2) is 18.2 Å². The molecule has 13 heavy (non-hydrogen) atoms. The van der Waals surface area contributed by atoms with Gasteiger partial charge in [0, 0.05) is 17.2 Å². The molecule has 1 N–H and O–H groups in total. The van der Waals surface area contributed by atoms with Gasteiger partial charge in [-0.2, -0.15) is 0 Å². The molecule has 0 aliphatic carbocycles. The second kappa shape index (κ2) is 7.19. The van der Waals surface area contributed by atoms with Gasteiger partial charge in [0.1, 0.15) is 0 Å². The molecular weight excluding hydrogens is 207 g/mol. The third kappa shape index (κ3) is 4.51. The molecule has 3 heteroatoms. The average molecular weight is 221 g/mol. The van der Waals surface area contributed by atoms with Crippen molar-refractivity contribution in [1.29, 1.82) is 0 Å². The Bertz CT molecular complexity index is 249. The van der Waals surface area contributed by atoms with E-state index in [-0.39, 0.29) is 0 Å². The molecule has 0 spiro atoms. The van der Waals surface area contributed by atoms with Crippen molar-refractivity contribution >= 4 is 23.2 Å². The van der Waals surface area contributed by atoms with Gasteiger partial charge in [-0.05, 0) is 30.2 Å². The fourth-order valence-electron chi connectivity index (χ4n) is 1.00. The summed E-state index contributed by atoms with van der Waals surface area (Å²) in [6.45, 7) is 2.12. The normalized spacial score (nSPS) is 9.00. The van der Waals surface area contributed by atoms with Crippen molar-refractivity contribution in [3.05, 3.63) is 33.8 Å². The van der Waals surface area contributed by atoms with Crippen LogP contribution in [0.2, 0.25) is 10.0 Å². The minimum absolute atomic E-state index is 0.762. The van der Waals surface area contributed by atoms with Crippen molar-refractivity contribution in [1.82, 2.24) is 0 Å². The number of halogens is 2. The van der Waals surface area contributed by atoms with Crippen LogP contribution < -0.4 is 0 Å². The average Bonchev–Trinajstić information content (AvgIpc) is 2.15. The van der Waals surface area contributed by atoms with Gasteiger partial charge in [-0.15, -0.1) is 0 Å². The molecule has 0 saturated carbocycles. The smallest absolute Gasteiger partial charge is 0.0439 e. The Morgan fingerprint density at radius 1 is 1.23 bits per heavy atom. The van der Waals surface area contributed by atoms with E-state index in [1.807, 2.05) is 18.2 Å². The number of hydrogen-bond donors (Lipinski definition) is 1. The fourth-order valence-corrected chi connectivity index (χ4v) is 1.41. The van der Waals surface area contributed by atoms with Crippen LogP contribution in [0.25, 0.3) is 0 Å². The predicted molar refractivity (Wildman–Crippen MR) is 58.6 cm³/mol. The second-order valence-electron chi connectivity index (χ2n) is 2.49. The van der Waals surface area contributed by atoms with Crippen LogP contribution in [0, 0.1) is 0 Å². The molecule has 0 aliphatic heterocycles. The Kier molecular flexibility index (Phi) is 7.06. The van der Waals surface area contributed by atoms with Gasteiger partial charge < -0.3 is 5.11 Å². The molecule has 1 rings (SSSR count). The molecule has 74 valence electrons. The molecule has 0 radical (unpaired) electrons. The molecular formula is C10H14Cl2O. The zero-order valence-corrected chi connectivity index (χ0v) is 9.36. The van der Waals surface area contributed by atoms with Gasteiger partial charge >= 0.3 is 0 Å². The van der Waals surface area contributed by atoms with Crippen molar-refractivity contribution in [2.75, 3.05) is 7.11 Å². The summed E-state index contributed by atoms with van der Waals surface area (Å²) < 4.78 is 0. The molecule has 0 amide bonds. The van der Waals surface area contributed by atoms with Gasteiger partial charge in [0.05, 0.1) is 0 Å². The second-order valence-corrected chi connectivity index (χ2v) is 3.33. The van der Waals surface area contributed by atoms with E-state index < -0.39 is 0 Å². The van der Waals surface area contributed by atoms with E-state index in [1.54, 1.807) is 0 Å². The molecule has 0 unspecified atom stereocenters. The minimum atomic E-state index is 0.762. The topological polar surface area (TPSA) is 20.2 Å². The number of aliphatic hydroxyl groups excluding tert-OH is 1. The third-order valence-electron chi connectivity index (χ3n) is 1.53. The largest absolute Gasteiger partial charge is 0.400 e. The molecule has 1 aromatic carbocycles. The standard InChI is InChI=1S/C9H10Cl2.CH4O/c1-2-3-7-6-8(10)4-5-9(7)11;1-2/h4-6H,2-3H2,1H3;2H,1H3. The molecule has 0 bridgehead atoms. The first kappa shape index (κ1) is 12.8. The number of benzene rings is 1. The van der Waals surface area contributed by atoms with Crippen LogP contribution in [-0.2, 0) is 6.42 Å². The van der Waals surface area contributed by atoms with Crippen LogP contribution in [0.5, 0.6) is 0 Å². The predicted octanol–water partition coefficient (Wildman–Crippen LogP) is 3.55. The van der Waals surface area contributed by atoms with Crippen LogP contribution in [0.4, 0.5) is 0 Å². The summed E-state index contributed by atoms with van der Waals surface area (Å²) in [7, 11) is 1.00. The molecule has 0 aliphatic rings. The molecule has 0 heterocycles. The first-order chi connectivity index (χ1) is 6.24. The van der Waals surface area contributed by atoms with E-state index in [9.17, 15) is 0 Å². The van der Waals surface area contributed by atoms with Crippen LogP contribution >= 0.6 is 23.2 Å². The zero-order chi connectivity index (χ0) is 10.3. The highest BCUT2D eigenvalue weighted by atomic mass is 35.5. The third-order valence-corrected chi connectivity index (χ3v) is 2.13. The minimum Gasteiger partial charge on any atom is -0.400 e. The van der Waals surface area contributed by atoms with Crippen molar-refractivity contribution in [3.63, 3.8) is 0 Å². The van der Waals surface area contributed by atoms with Crippen LogP contribution in [-0.4, -0.2) is 12.2 Å². The lowest BCUT2D eigenvalue weighted by Gasteiger charge is -2.01. The van der Waals surface area contributed by atoms with E-state index in [1.165, 1.54) is 0 Å². The maximum Gasteiger partial charge on any atom is 0.0439 e. The molecule has 0 saturated heterocycles. The van der Waals surface area contributed by atoms with Gasteiger partial charge in [-0.1, -0.05) is 36.5 Å². The summed E-state index contributed by atoms with van der Waals surface area (Å²) in [5, 5.41) is 8.58. The Morgan fingerprint density at radius 3 is 2.38 bits per heavy atom. The SMILES string of the molecule is CCCc1cc(Cl)ccc1Cl.CO. The van der Waals surface area contributed by atoms with E-state index in [2.05, 4.69) is 6.92 Å². The summed E-state index contributed by atoms with van der Waals surface area (Å²) in [6.07, 6.45) is 2.10.